The molecule has 0 amide bonds. The van der Waals surface area contributed by atoms with Crippen molar-refractivity contribution in [2.45, 2.75) is 26.3 Å². The molecule has 78 valence electrons. The van der Waals surface area contributed by atoms with Crippen molar-refractivity contribution in [3.05, 3.63) is 18.1 Å². The third-order valence-electron chi connectivity index (χ3n) is 1.91. The highest BCUT2D eigenvalue weighted by atomic mass is 16.5. The van der Waals surface area contributed by atoms with E-state index in [9.17, 15) is 0 Å². The molecule has 4 nitrogen and oxygen atoms in total. The van der Waals surface area contributed by atoms with Gasteiger partial charge in [0.15, 0.2) is 0 Å². The number of ether oxygens (including phenoxy) is 1. The molecule has 0 spiro atoms. The highest BCUT2D eigenvalue weighted by Crippen LogP contribution is 2.16. The van der Waals surface area contributed by atoms with Gasteiger partial charge in [-0.3, -0.25) is 0 Å². The number of rotatable bonds is 4. The first kappa shape index (κ1) is 10.9. The highest BCUT2D eigenvalue weighted by Gasteiger charge is 2.11. The van der Waals surface area contributed by atoms with Crippen LogP contribution in [-0.4, -0.2) is 17.1 Å². The number of nitrogens with zero attached hydrogens (tertiary/aromatic N) is 2. The molecule has 0 saturated heterocycles. The average Bonchev–Trinajstić information content (AvgIpc) is 2.17. The number of hydrogen-bond acceptors (Lipinski definition) is 4. The summed E-state index contributed by atoms with van der Waals surface area (Å²) in [7, 11) is 1.58. The molecule has 1 heterocycles. The van der Waals surface area contributed by atoms with E-state index in [2.05, 4.69) is 23.8 Å². The standard InChI is InChI=1S/C10H17N3O/c1-7(2)6-8(11)10-12-5-4-9(13-10)14-3/h4-5,7-8H,6,11H2,1-3H3. The van der Waals surface area contributed by atoms with Gasteiger partial charge in [0.2, 0.25) is 5.88 Å². The van der Waals surface area contributed by atoms with Crippen LogP contribution in [0, 0.1) is 5.92 Å². The van der Waals surface area contributed by atoms with Crippen LogP contribution in [0.1, 0.15) is 32.1 Å². The van der Waals surface area contributed by atoms with Crippen LogP contribution in [0.4, 0.5) is 0 Å². The van der Waals surface area contributed by atoms with Crippen LogP contribution in [0.15, 0.2) is 12.3 Å². The van der Waals surface area contributed by atoms with Crippen LogP contribution in [-0.2, 0) is 0 Å². The van der Waals surface area contributed by atoms with E-state index < -0.39 is 0 Å². The molecule has 0 aliphatic rings. The predicted octanol–water partition coefficient (Wildman–Crippen LogP) is 1.53. The molecule has 0 radical (unpaired) electrons. The van der Waals surface area contributed by atoms with E-state index in [0.29, 0.717) is 17.6 Å². The number of hydrogen-bond donors (Lipinski definition) is 1. The summed E-state index contributed by atoms with van der Waals surface area (Å²) in [5, 5.41) is 0. The van der Waals surface area contributed by atoms with E-state index in [-0.39, 0.29) is 6.04 Å². The molecule has 1 rings (SSSR count). The predicted molar refractivity (Wildman–Crippen MR) is 55.0 cm³/mol. The van der Waals surface area contributed by atoms with E-state index in [0.717, 1.165) is 6.42 Å². The number of methoxy groups -OCH3 is 1. The van der Waals surface area contributed by atoms with E-state index in [1.165, 1.54) is 0 Å². The van der Waals surface area contributed by atoms with Gasteiger partial charge in [0.25, 0.3) is 0 Å². The molecular weight excluding hydrogens is 178 g/mol. The normalized spacial score (nSPS) is 12.9. The van der Waals surface area contributed by atoms with Gasteiger partial charge in [-0.25, -0.2) is 4.98 Å². The lowest BCUT2D eigenvalue weighted by molar-refractivity contribution is 0.390. The lowest BCUT2D eigenvalue weighted by Gasteiger charge is -2.12. The Hall–Kier alpha value is -1.16. The highest BCUT2D eigenvalue weighted by molar-refractivity contribution is 5.09. The molecule has 0 aliphatic heterocycles. The largest absolute Gasteiger partial charge is 0.481 e. The Labute approximate surface area is 84.5 Å². The molecule has 14 heavy (non-hydrogen) atoms. The van der Waals surface area contributed by atoms with E-state index in [1.807, 2.05) is 0 Å². The van der Waals surface area contributed by atoms with Crippen molar-refractivity contribution < 1.29 is 4.74 Å². The van der Waals surface area contributed by atoms with E-state index >= 15 is 0 Å². The second-order valence-electron chi connectivity index (χ2n) is 3.69. The molecular formula is C10H17N3O. The molecule has 1 aromatic rings. The van der Waals surface area contributed by atoms with Crippen LogP contribution < -0.4 is 10.5 Å². The molecule has 1 aromatic heterocycles. The first-order chi connectivity index (χ1) is 6.63. The second kappa shape index (κ2) is 4.91. The monoisotopic (exact) mass is 195 g/mol. The first-order valence-electron chi connectivity index (χ1n) is 4.76. The van der Waals surface area contributed by atoms with Crippen molar-refractivity contribution in [1.82, 2.24) is 9.97 Å². The van der Waals surface area contributed by atoms with Crippen LogP contribution in [0.3, 0.4) is 0 Å². The molecule has 0 aromatic carbocycles. The maximum atomic E-state index is 5.94. The van der Waals surface area contributed by atoms with Crippen LogP contribution in [0.2, 0.25) is 0 Å². The summed E-state index contributed by atoms with van der Waals surface area (Å²) in [5.74, 6) is 1.76. The van der Waals surface area contributed by atoms with Crippen LogP contribution in [0.5, 0.6) is 5.88 Å². The zero-order valence-electron chi connectivity index (χ0n) is 8.90. The minimum atomic E-state index is -0.106. The Morgan fingerprint density at radius 2 is 2.21 bits per heavy atom. The van der Waals surface area contributed by atoms with Gasteiger partial charge in [-0.15, -0.1) is 0 Å². The number of aromatic nitrogens is 2. The van der Waals surface area contributed by atoms with Crippen molar-refractivity contribution in [2.24, 2.45) is 11.7 Å². The van der Waals surface area contributed by atoms with Crippen LogP contribution in [0.25, 0.3) is 0 Å². The lowest BCUT2D eigenvalue weighted by atomic mass is 10.0. The van der Waals surface area contributed by atoms with Crippen molar-refractivity contribution in [3.8, 4) is 5.88 Å². The van der Waals surface area contributed by atoms with Gasteiger partial charge in [0.1, 0.15) is 5.82 Å². The second-order valence-corrected chi connectivity index (χ2v) is 3.69. The van der Waals surface area contributed by atoms with E-state index in [4.69, 9.17) is 10.5 Å². The zero-order chi connectivity index (χ0) is 10.6. The summed E-state index contributed by atoms with van der Waals surface area (Å²) in [4.78, 5) is 8.31. The molecule has 0 aliphatic carbocycles. The van der Waals surface area contributed by atoms with Crippen molar-refractivity contribution >= 4 is 0 Å². The van der Waals surface area contributed by atoms with Gasteiger partial charge in [-0.05, 0) is 12.3 Å². The topological polar surface area (TPSA) is 61.0 Å². The maximum absolute atomic E-state index is 5.94. The van der Waals surface area contributed by atoms with Crippen molar-refractivity contribution in [1.29, 1.82) is 0 Å². The maximum Gasteiger partial charge on any atom is 0.216 e. The fourth-order valence-corrected chi connectivity index (χ4v) is 1.26. The summed E-state index contributed by atoms with van der Waals surface area (Å²) in [6.07, 6.45) is 2.55. The van der Waals surface area contributed by atoms with Gasteiger partial charge in [-0.2, -0.15) is 4.98 Å². The molecule has 2 N–H and O–H groups in total. The lowest BCUT2D eigenvalue weighted by Crippen LogP contribution is -2.16. The Morgan fingerprint density at radius 1 is 1.50 bits per heavy atom. The van der Waals surface area contributed by atoms with Crippen LogP contribution >= 0.6 is 0 Å². The molecule has 4 heteroatoms. The Kier molecular flexibility index (Phi) is 3.83. The molecule has 0 saturated carbocycles. The third-order valence-corrected chi connectivity index (χ3v) is 1.91. The minimum Gasteiger partial charge on any atom is -0.481 e. The van der Waals surface area contributed by atoms with Crippen molar-refractivity contribution in [2.75, 3.05) is 7.11 Å². The Morgan fingerprint density at radius 3 is 2.79 bits per heavy atom. The molecule has 1 unspecified atom stereocenters. The smallest absolute Gasteiger partial charge is 0.216 e. The quantitative estimate of drug-likeness (QED) is 0.791. The van der Waals surface area contributed by atoms with Gasteiger partial charge in [-0.1, -0.05) is 13.8 Å². The fraction of sp³-hybridized carbons (Fsp3) is 0.600. The Bertz CT molecular complexity index is 288. The molecule has 0 bridgehead atoms. The minimum absolute atomic E-state index is 0.106. The van der Waals surface area contributed by atoms with Crippen molar-refractivity contribution in [3.63, 3.8) is 0 Å². The van der Waals surface area contributed by atoms with E-state index in [1.54, 1.807) is 19.4 Å². The molecule has 1 atom stereocenters. The SMILES string of the molecule is COc1ccnc(C(N)CC(C)C)n1. The van der Waals surface area contributed by atoms with Gasteiger partial charge in [0, 0.05) is 12.3 Å². The van der Waals surface area contributed by atoms with Gasteiger partial charge < -0.3 is 10.5 Å². The fourth-order valence-electron chi connectivity index (χ4n) is 1.26. The number of nitrogens with two attached hydrogens (primary N) is 1. The van der Waals surface area contributed by atoms with Gasteiger partial charge >= 0.3 is 0 Å². The first-order valence-corrected chi connectivity index (χ1v) is 4.76. The average molecular weight is 195 g/mol. The summed E-state index contributed by atoms with van der Waals surface area (Å²) >= 11 is 0. The molecule has 0 fully saturated rings. The summed E-state index contributed by atoms with van der Waals surface area (Å²) in [5.41, 5.74) is 5.94. The summed E-state index contributed by atoms with van der Waals surface area (Å²) in [6, 6.07) is 1.61. The summed E-state index contributed by atoms with van der Waals surface area (Å²) < 4.78 is 5.00. The summed E-state index contributed by atoms with van der Waals surface area (Å²) in [6.45, 7) is 4.25. The Balaban J connectivity index is 2.73. The third kappa shape index (κ3) is 2.96. The van der Waals surface area contributed by atoms with Gasteiger partial charge in [0.05, 0.1) is 13.2 Å². The zero-order valence-corrected chi connectivity index (χ0v) is 8.90.